The van der Waals surface area contributed by atoms with Crippen LogP contribution in [-0.4, -0.2) is 42.0 Å². The molecule has 130 valence electrons. The molecule has 1 unspecified atom stereocenters. The first kappa shape index (κ1) is 17.2. The fourth-order valence-corrected chi connectivity index (χ4v) is 3.29. The molecule has 1 heterocycles. The van der Waals surface area contributed by atoms with E-state index < -0.39 is 5.97 Å². The number of anilines is 1. The van der Waals surface area contributed by atoms with Gasteiger partial charge in [-0.05, 0) is 42.8 Å². The lowest BCUT2D eigenvalue weighted by molar-refractivity contribution is -0.121. The summed E-state index contributed by atoms with van der Waals surface area (Å²) in [5.74, 6) is -0.804. The Morgan fingerprint density at radius 1 is 1.16 bits per heavy atom. The summed E-state index contributed by atoms with van der Waals surface area (Å²) in [6.45, 7) is 2.21. The number of nitrogens with zero attached hydrogens (tertiary/aromatic N) is 2. The summed E-state index contributed by atoms with van der Waals surface area (Å²) in [7, 11) is 1.82. The van der Waals surface area contributed by atoms with Crippen LogP contribution in [0, 0.1) is 5.92 Å². The van der Waals surface area contributed by atoms with Crippen molar-refractivity contribution < 1.29 is 14.7 Å². The van der Waals surface area contributed by atoms with Crippen LogP contribution in [0.3, 0.4) is 0 Å². The molecule has 1 atom stereocenters. The zero-order valence-electron chi connectivity index (χ0n) is 14.3. The molecule has 0 aromatic heterocycles. The third-order valence-corrected chi connectivity index (χ3v) is 4.68. The molecule has 2 aromatic rings. The maximum atomic E-state index is 12.7. The normalized spacial score (nSPS) is 17.4. The van der Waals surface area contributed by atoms with E-state index in [4.69, 9.17) is 5.11 Å². The van der Waals surface area contributed by atoms with Gasteiger partial charge in [0.1, 0.15) is 0 Å². The molecule has 1 amide bonds. The standard InChI is InChI=1S/C20H22N2O3/c1-21(18-8-3-2-4-9-18)19(23)17-10-11-22(14-17)13-15-6-5-7-16(12-15)20(24)25/h2-9,12,17H,10-11,13-14H2,1H3,(H,24,25). The molecule has 1 aliphatic heterocycles. The summed E-state index contributed by atoms with van der Waals surface area (Å²) in [5, 5.41) is 9.09. The van der Waals surface area contributed by atoms with Crippen molar-refractivity contribution in [3.63, 3.8) is 0 Å². The first-order chi connectivity index (χ1) is 12.0. The number of carbonyl (C=O) groups is 2. The highest BCUT2D eigenvalue weighted by atomic mass is 16.4. The third-order valence-electron chi connectivity index (χ3n) is 4.68. The van der Waals surface area contributed by atoms with Gasteiger partial charge in [-0.15, -0.1) is 0 Å². The Morgan fingerprint density at radius 3 is 2.64 bits per heavy atom. The predicted octanol–water partition coefficient (Wildman–Crippen LogP) is 2.87. The summed E-state index contributed by atoms with van der Waals surface area (Å²) >= 11 is 0. The van der Waals surface area contributed by atoms with Gasteiger partial charge in [-0.2, -0.15) is 0 Å². The lowest BCUT2D eigenvalue weighted by Crippen LogP contribution is -2.34. The topological polar surface area (TPSA) is 60.9 Å². The summed E-state index contributed by atoms with van der Waals surface area (Å²) < 4.78 is 0. The lowest BCUT2D eigenvalue weighted by Gasteiger charge is -2.22. The van der Waals surface area contributed by atoms with Crippen molar-refractivity contribution in [1.82, 2.24) is 4.90 Å². The maximum Gasteiger partial charge on any atom is 0.335 e. The zero-order valence-corrected chi connectivity index (χ0v) is 14.3. The average Bonchev–Trinajstić information content (AvgIpc) is 3.10. The largest absolute Gasteiger partial charge is 0.478 e. The summed E-state index contributed by atoms with van der Waals surface area (Å²) in [6, 6.07) is 16.6. The van der Waals surface area contributed by atoms with Crippen LogP contribution in [0.4, 0.5) is 5.69 Å². The predicted molar refractivity (Wildman–Crippen MR) is 96.6 cm³/mol. The van der Waals surface area contributed by atoms with Gasteiger partial charge >= 0.3 is 5.97 Å². The van der Waals surface area contributed by atoms with Crippen molar-refractivity contribution in [1.29, 1.82) is 0 Å². The van der Waals surface area contributed by atoms with Gasteiger partial charge in [0.15, 0.2) is 0 Å². The van der Waals surface area contributed by atoms with Crippen molar-refractivity contribution in [2.75, 3.05) is 25.0 Å². The number of carbonyl (C=O) groups excluding carboxylic acids is 1. The van der Waals surface area contributed by atoms with E-state index in [1.165, 1.54) is 0 Å². The molecule has 3 rings (SSSR count). The van der Waals surface area contributed by atoms with Crippen molar-refractivity contribution in [3.05, 3.63) is 65.7 Å². The molecule has 5 heteroatoms. The molecule has 0 bridgehead atoms. The number of carboxylic acid groups (broad SMARTS) is 1. The second-order valence-corrected chi connectivity index (χ2v) is 6.46. The van der Waals surface area contributed by atoms with Crippen LogP contribution in [0.2, 0.25) is 0 Å². The molecule has 1 fully saturated rings. The molecule has 1 aliphatic rings. The Balaban J connectivity index is 1.61. The summed E-state index contributed by atoms with van der Waals surface area (Å²) in [4.78, 5) is 27.7. The number of carboxylic acids is 1. The van der Waals surface area contributed by atoms with E-state index in [0.717, 1.165) is 24.2 Å². The van der Waals surface area contributed by atoms with E-state index in [9.17, 15) is 9.59 Å². The molecule has 0 radical (unpaired) electrons. The SMILES string of the molecule is CN(C(=O)C1CCN(Cc2cccc(C(=O)O)c2)C1)c1ccccc1. The van der Waals surface area contributed by atoms with E-state index in [-0.39, 0.29) is 11.8 Å². The fourth-order valence-electron chi connectivity index (χ4n) is 3.29. The van der Waals surface area contributed by atoms with Crippen LogP contribution in [0.25, 0.3) is 0 Å². The number of likely N-dealkylation sites (tertiary alicyclic amines) is 1. The second kappa shape index (κ2) is 7.49. The fraction of sp³-hybridized carbons (Fsp3) is 0.300. The molecular weight excluding hydrogens is 316 g/mol. The Hall–Kier alpha value is -2.66. The molecule has 0 saturated carbocycles. The van der Waals surface area contributed by atoms with E-state index >= 15 is 0 Å². The van der Waals surface area contributed by atoms with Gasteiger partial charge in [0, 0.05) is 25.8 Å². The Labute approximate surface area is 147 Å². The van der Waals surface area contributed by atoms with Crippen LogP contribution in [0.5, 0.6) is 0 Å². The molecule has 0 spiro atoms. The number of hydrogen-bond acceptors (Lipinski definition) is 3. The molecule has 0 aliphatic carbocycles. The second-order valence-electron chi connectivity index (χ2n) is 6.46. The molecule has 1 N–H and O–H groups in total. The minimum Gasteiger partial charge on any atom is -0.478 e. The van der Waals surface area contributed by atoms with Crippen LogP contribution in [0.1, 0.15) is 22.3 Å². The summed E-state index contributed by atoms with van der Waals surface area (Å²) in [6.07, 6.45) is 0.828. The molecule has 25 heavy (non-hydrogen) atoms. The highest BCUT2D eigenvalue weighted by molar-refractivity contribution is 5.94. The van der Waals surface area contributed by atoms with Crippen LogP contribution in [0.15, 0.2) is 54.6 Å². The van der Waals surface area contributed by atoms with E-state index in [2.05, 4.69) is 4.90 Å². The van der Waals surface area contributed by atoms with Gasteiger partial charge in [0.05, 0.1) is 11.5 Å². The van der Waals surface area contributed by atoms with Crippen LogP contribution >= 0.6 is 0 Å². The number of para-hydroxylation sites is 1. The highest BCUT2D eigenvalue weighted by Crippen LogP contribution is 2.23. The van der Waals surface area contributed by atoms with E-state index in [0.29, 0.717) is 18.7 Å². The molecule has 1 saturated heterocycles. The third kappa shape index (κ3) is 4.06. The average molecular weight is 338 g/mol. The Kier molecular flexibility index (Phi) is 5.14. The minimum atomic E-state index is -0.916. The quantitative estimate of drug-likeness (QED) is 0.911. The molecule has 5 nitrogen and oxygen atoms in total. The van der Waals surface area contributed by atoms with Gasteiger partial charge in [-0.1, -0.05) is 30.3 Å². The number of hydrogen-bond donors (Lipinski definition) is 1. The van der Waals surface area contributed by atoms with Crippen molar-refractivity contribution in [2.45, 2.75) is 13.0 Å². The first-order valence-electron chi connectivity index (χ1n) is 8.42. The number of rotatable bonds is 5. The van der Waals surface area contributed by atoms with E-state index in [1.54, 1.807) is 23.1 Å². The molecular formula is C20H22N2O3. The lowest BCUT2D eigenvalue weighted by atomic mass is 10.1. The minimum absolute atomic E-state index is 0.0205. The Morgan fingerprint density at radius 2 is 1.92 bits per heavy atom. The van der Waals surface area contributed by atoms with Crippen molar-refractivity contribution >= 4 is 17.6 Å². The first-order valence-corrected chi connectivity index (χ1v) is 8.42. The van der Waals surface area contributed by atoms with Gasteiger partial charge < -0.3 is 10.0 Å². The summed E-state index contributed by atoms with van der Waals surface area (Å²) in [5.41, 5.74) is 2.16. The number of benzene rings is 2. The number of aromatic carboxylic acids is 1. The molecule has 2 aromatic carbocycles. The van der Waals surface area contributed by atoms with Gasteiger partial charge in [0.2, 0.25) is 5.91 Å². The van der Waals surface area contributed by atoms with Crippen molar-refractivity contribution in [2.24, 2.45) is 5.92 Å². The number of amides is 1. The van der Waals surface area contributed by atoms with Gasteiger partial charge in [-0.25, -0.2) is 4.79 Å². The zero-order chi connectivity index (χ0) is 17.8. The van der Waals surface area contributed by atoms with Gasteiger partial charge in [-0.3, -0.25) is 9.69 Å². The monoisotopic (exact) mass is 338 g/mol. The van der Waals surface area contributed by atoms with Crippen LogP contribution < -0.4 is 4.90 Å². The van der Waals surface area contributed by atoms with Crippen molar-refractivity contribution in [3.8, 4) is 0 Å². The smallest absolute Gasteiger partial charge is 0.335 e. The Bertz CT molecular complexity index is 761. The van der Waals surface area contributed by atoms with Gasteiger partial charge in [0.25, 0.3) is 0 Å². The highest BCUT2D eigenvalue weighted by Gasteiger charge is 2.30. The van der Waals surface area contributed by atoms with Crippen LogP contribution in [-0.2, 0) is 11.3 Å². The maximum absolute atomic E-state index is 12.7. The van der Waals surface area contributed by atoms with E-state index in [1.807, 2.05) is 43.4 Å².